The number of ether oxygens (including phenoxy) is 2. The van der Waals surface area contributed by atoms with Crippen LogP contribution in [0.25, 0.3) is 43.9 Å². The van der Waals surface area contributed by atoms with Gasteiger partial charge in [-0.15, -0.1) is 0 Å². The molecule has 10 heteroatoms. The van der Waals surface area contributed by atoms with E-state index < -0.39 is 40.9 Å². The quantitative estimate of drug-likeness (QED) is 0.173. The van der Waals surface area contributed by atoms with Crippen molar-refractivity contribution in [2.75, 3.05) is 13.2 Å². The molecular weight excluding hydrogens is 790 g/mol. The van der Waals surface area contributed by atoms with Crippen molar-refractivity contribution in [1.82, 2.24) is 0 Å². The second-order valence-electron chi connectivity index (χ2n) is 21.4. The summed E-state index contributed by atoms with van der Waals surface area (Å²) < 4.78 is 54.1. The lowest BCUT2D eigenvalue weighted by Gasteiger charge is -2.25. The number of aryl methyl sites for hydroxylation is 4. The van der Waals surface area contributed by atoms with Gasteiger partial charge in [0.2, 0.25) is 0 Å². The summed E-state index contributed by atoms with van der Waals surface area (Å²) in [5.41, 5.74) is 11.7. The third kappa shape index (κ3) is 8.14. The zero-order valence-corrected chi connectivity index (χ0v) is 40.3. The zero-order valence-electron chi connectivity index (χ0n) is 38.5. The fraction of sp³-hybridized carbons (Fsp3) is 0.520. The van der Waals surface area contributed by atoms with Crippen LogP contribution in [0.5, 0.6) is 0 Å². The average molecular weight is 855 g/mol. The largest absolute Gasteiger partial charge is 0.399 e. The minimum absolute atomic E-state index is 0.0689. The smallest absolute Gasteiger partial charge is 0.387 e. The van der Waals surface area contributed by atoms with Gasteiger partial charge in [0, 0.05) is 32.7 Å². The summed E-state index contributed by atoms with van der Waals surface area (Å²) in [7, 11) is -3.81. The molecule has 6 aromatic rings. The monoisotopic (exact) mass is 854 g/mol. The zero-order chi connectivity index (χ0) is 43.4. The Bertz CT molecular complexity index is 2540. The van der Waals surface area contributed by atoms with Crippen molar-refractivity contribution in [3.63, 3.8) is 0 Å². The topological polar surface area (TPSA) is 89.5 Å². The minimum Gasteiger partial charge on any atom is -0.399 e. The van der Waals surface area contributed by atoms with Gasteiger partial charge in [0.15, 0.2) is 0 Å². The molecule has 4 unspecified atom stereocenters. The van der Waals surface area contributed by atoms with Crippen LogP contribution in [0.15, 0.2) is 65.3 Å². The molecule has 6 atom stereocenters. The molecule has 0 saturated carbocycles. The molecule has 2 saturated heterocycles. The molecule has 0 aliphatic carbocycles. The van der Waals surface area contributed by atoms with Crippen LogP contribution in [-0.4, -0.2) is 37.6 Å². The highest BCUT2D eigenvalue weighted by atomic mass is 31.1. The Labute approximate surface area is 357 Å². The van der Waals surface area contributed by atoms with Crippen molar-refractivity contribution < 1.29 is 35.3 Å². The van der Waals surface area contributed by atoms with E-state index in [0.717, 1.165) is 77.3 Å². The van der Waals surface area contributed by atoms with Crippen LogP contribution in [0.4, 0.5) is 0 Å². The molecule has 2 aliphatic rings. The Balaban J connectivity index is 1.19. The van der Waals surface area contributed by atoms with E-state index in [-0.39, 0.29) is 21.7 Å². The number of benzene rings is 4. The summed E-state index contributed by atoms with van der Waals surface area (Å²) in [6.07, 6.45) is -1.70. The van der Waals surface area contributed by atoms with Gasteiger partial charge in [-0.1, -0.05) is 107 Å². The van der Waals surface area contributed by atoms with Gasteiger partial charge in [0.05, 0.1) is 13.2 Å². The highest BCUT2D eigenvalue weighted by molar-refractivity contribution is 7.32. The highest BCUT2D eigenvalue weighted by Gasteiger charge is 2.51. The van der Waals surface area contributed by atoms with Crippen molar-refractivity contribution in [3.05, 3.63) is 93.0 Å². The first-order valence-corrected chi connectivity index (χ1v) is 23.6. The van der Waals surface area contributed by atoms with Gasteiger partial charge in [-0.25, -0.2) is 0 Å². The first-order chi connectivity index (χ1) is 27.9. The van der Waals surface area contributed by atoms with Gasteiger partial charge < -0.3 is 26.3 Å². The predicted octanol–water partition coefficient (Wildman–Crippen LogP) is 14.4. The SMILES string of the molecule is Cc1cc(C)c2op(O[C@@H]3COC4C3OC[C@H]4Op3oc4c(C)cc(C)cc4c4cc(C(C)(C)C)cc(C(C)(C)C)c4o3)oc3c(C(C)(C)C)cc(C(C)(C)C)cc3c2c1. The lowest BCUT2D eigenvalue weighted by Crippen LogP contribution is -2.35. The van der Waals surface area contributed by atoms with E-state index in [1.807, 2.05) is 0 Å². The molecular formula is C50H64O8P2. The van der Waals surface area contributed by atoms with Gasteiger partial charge in [0.25, 0.3) is 0 Å². The molecule has 4 heterocycles. The van der Waals surface area contributed by atoms with Gasteiger partial charge in [-0.05, 0) is 107 Å². The van der Waals surface area contributed by atoms with Crippen LogP contribution in [0.1, 0.15) is 128 Å². The Kier molecular flexibility index (Phi) is 10.9. The Morgan fingerprint density at radius 2 is 0.767 bits per heavy atom. The molecule has 8 rings (SSSR count). The van der Waals surface area contributed by atoms with Gasteiger partial charge >= 0.3 is 16.5 Å². The molecule has 8 nitrogen and oxygen atoms in total. The lowest BCUT2D eigenvalue weighted by atomic mass is 9.79. The number of fused-ring (bicyclic) bond motifs is 7. The molecule has 0 bridgehead atoms. The minimum atomic E-state index is -1.90. The van der Waals surface area contributed by atoms with E-state index in [1.165, 1.54) is 11.1 Å². The molecule has 0 spiro atoms. The van der Waals surface area contributed by atoms with Crippen molar-refractivity contribution in [2.24, 2.45) is 0 Å². The third-order valence-electron chi connectivity index (χ3n) is 12.0. The molecule has 2 fully saturated rings. The second kappa shape index (κ2) is 15.1. The van der Waals surface area contributed by atoms with E-state index in [0.29, 0.717) is 13.2 Å². The van der Waals surface area contributed by atoms with Gasteiger partial charge in [-0.2, -0.15) is 0 Å². The number of rotatable bonds is 4. The summed E-state index contributed by atoms with van der Waals surface area (Å²) in [6.45, 7) is 35.9. The van der Waals surface area contributed by atoms with Crippen LogP contribution in [0.2, 0.25) is 0 Å². The van der Waals surface area contributed by atoms with Crippen molar-refractivity contribution in [1.29, 1.82) is 0 Å². The first-order valence-electron chi connectivity index (χ1n) is 21.4. The first kappa shape index (κ1) is 43.2. The lowest BCUT2D eigenvalue weighted by molar-refractivity contribution is 0.0401. The normalized spacial score (nSPS) is 20.8. The van der Waals surface area contributed by atoms with E-state index >= 15 is 0 Å². The maximum Gasteiger partial charge on any atom is 0.387 e. The summed E-state index contributed by atoms with van der Waals surface area (Å²) in [4.78, 5) is 0. The molecule has 2 aliphatic heterocycles. The fourth-order valence-corrected chi connectivity index (χ4v) is 11.2. The molecule has 2 aromatic heterocycles. The second-order valence-corrected chi connectivity index (χ2v) is 23.5. The standard InChI is InChI=1S/C50H64O8P2/c1-27-17-29(3)41-33(19-27)35-21-31(47(5,6)7)23-37(49(11,12)13)43(35)57-59(55-41)53-39-25-51-46-40(26-52-45(39)46)54-60-56-42-30(4)18-28(2)20-34(42)36-22-32(48(8,9)10)24-38(44(36)58-60)50(14,15)16/h17-24,39-40,45-46H,25-26H2,1-16H3/t39-,40-,45?,46?,59?,60?/m1/s1. The van der Waals surface area contributed by atoms with Crippen molar-refractivity contribution in [3.8, 4) is 0 Å². The molecule has 0 amide bonds. The fourth-order valence-electron chi connectivity index (χ4n) is 8.64. The van der Waals surface area contributed by atoms with Crippen LogP contribution in [0, 0.1) is 27.7 Å². The molecule has 4 aromatic carbocycles. The molecule has 0 N–H and O–H groups in total. The van der Waals surface area contributed by atoms with E-state index in [9.17, 15) is 0 Å². The summed E-state index contributed by atoms with van der Waals surface area (Å²) in [5.74, 6) is 0. The molecule has 322 valence electrons. The number of hydrogen-bond donors (Lipinski definition) is 0. The third-order valence-corrected chi connectivity index (χ3v) is 14.2. The van der Waals surface area contributed by atoms with Gasteiger partial charge in [0.1, 0.15) is 46.7 Å². The summed E-state index contributed by atoms with van der Waals surface area (Å²) in [6, 6.07) is 17.8. The van der Waals surface area contributed by atoms with E-state index in [2.05, 4.69) is 159 Å². The van der Waals surface area contributed by atoms with Gasteiger partial charge in [-0.3, -0.25) is 9.05 Å². The maximum atomic E-state index is 6.93. The van der Waals surface area contributed by atoms with Crippen LogP contribution in [-0.2, 0) is 31.1 Å². The molecule has 0 radical (unpaired) electrons. The van der Waals surface area contributed by atoms with Crippen molar-refractivity contribution in [2.45, 2.75) is 157 Å². The van der Waals surface area contributed by atoms with Crippen LogP contribution in [0.3, 0.4) is 0 Å². The Morgan fingerprint density at radius 1 is 0.433 bits per heavy atom. The highest BCUT2D eigenvalue weighted by Crippen LogP contribution is 2.46. The summed E-state index contributed by atoms with van der Waals surface area (Å²) >= 11 is 0. The van der Waals surface area contributed by atoms with E-state index in [1.54, 1.807) is 0 Å². The average Bonchev–Trinajstić information content (AvgIpc) is 3.61. The van der Waals surface area contributed by atoms with Crippen LogP contribution >= 0.6 is 16.5 Å². The Morgan fingerprint density at radius 3 is 1.10 bits per heavy atom. The van der Waals surface area contributed by atoms with Crippen molar-refractivity contribution >= 4 is 60.4 Å². The number of hydrogen-bond acceptors (Lipinski definition) is 8. The summed E-state index contributed by atoms with van der Waals surface area (Å²) in [5, 5.41) is 4.08. The molecule has 60 heavy (non-hydrogen) atoms. The van der Waals surface area contributed by atoms with Crippen LogP contribution < -0.4 is 9.05 Å². The Hall–Kier alpha value is -3.48. The predicted molar refractivity (Wildman–Crippen MR) is 247 cm³/mol. The van der Waals surface area contributed by atoms with E-state index in [4.69, 9.17) is 35.3 Å². The maximum absolute atomic E-state index is 6.93.